The summed E-state index contributed by atoms with van der Waals surface area (Å²) in [5.41, 5.74) is 0.346. The van der Waals surface area contributed by atoms with Crippen LogP contribution in [0.2, 0.25) is 0 Å². The quantitative estimate of drug-likeness (QED) is 0.852. The smallest absolute Gasteiger partial charge is 0.254 e. The van der Waals surface area contributed by atoms with E-state index in [2.05, 4.69) is 15.9 Å². The molecule has 1 unspecified atom stereocenters. The zero-order valence-electron chi connectivity index (χ0n) is 10.9. The monoisotopic (exact) mass is 329 g/mol. The highest BCUT2D eigenvalue weighted by molar-refractivity contribution is 9.10. The van der Waals surface area contributed by atoms with E-state index in [1.54, 1.807) is 18.0 Å². The zero-order valence-corrected chi connectivity index (χ0v) is 12.5. The Bertz CT molecular complexity index is 461. The van der Waals surface area contributed by atoms with Crippen LogP contribution in [0.1, 0.15) is 29.6 Å². The van der Waals surface area contributed by atoms with Crippen LogP contribution in [0.15, 0.2) is 22.7 Å². The lowest BCUT2D eigenvalue weighted by Gasteiger charge is -2.27. The van der Waals surface area contributed by atoms with Gasteiger partial charge in [-0.05, 0) is 47.3 Å². The van der Waals surface area contributed by atoms with E-state index in [1.165, 1.54) is 12.1 Å². The van der Waals surface area contributed by atoms with Gasteiger partial charge in [-0.15, -0.1) is 0 Å². The van der Waals surface area contributed by atoms with Gasteiger partial charge in [-0.3, -0.25) is 4.79 Å². The second kappa shape index (κ2) is 6.48. The normalized spacial score (nSPS) is 19.2. The number of likely N-dealkylation sites (N-methyl/N-ethyl adjacent to an activating group) is 1. The molecule has 1 aliphatic rings. The molecule has 1 amide bonds. The lowest BCUT2D eigenvalue weighted by Crippen LogP contribution is -2.37. The van der Waals surface area contributed by atoms with Crippen molar-refractivity contribution in [3.8, 4) is 0 Å². The summed E-state index contributed by atoms with van der Waals surface area (Å²) in [4.78, 5) is 13.9. The number of carbonyl (C=O) groups excluding carboxylic acids is 1. The Labute approximate surface area is 120 Å². The molecule has 0 bridgehead atoms. The third kappa shape index (κ3) is 3.54. The molecule has 0 aromatic heterocycles. The molecule has 1 fully saturated rings. The summed E-state index contributed by atoms with van der Waals surface area (Å²) in [6.07, 6.45) is 3.29. The number of carbonyl (C=O) groups is 1. The molecule has 0 aliphatic carbocycles. The van der Waals surface area contributed by atoms with Gasteiger partial charge >= 0.3 is 0 Å². The summed E-state index contributed by atoms with van der Waals surface area (Å²) >= 11 is 3.12. The van der Waals surface area contributed by atoms with E-state index in [1.807, 2.05) is 0 Å². The maximum atomic E-state index is 13.4. The standard InChI is InChI=1S/C14H17BrFNO2/c1-17(9-10-5-2-3-8-19-10)14(18)11-6-4-7-12(16)13(11)15/h4,6-7,10H,2-3,5,8-9H2,1H3. The van der Waals surface area contributed by atoms with Gasteiger partial charge in [-0.1, -0.05) is 6.07 Å². The molecular weight excluding hydrogens is 313 g/mol. The van der Waals surface area contributed by atoms with Crippen LogP contribution in [0.4, 0.5) is 4.39 Å². The summed E-state index contributed by atoms with van der Waals surface area (Å²) in [5.74, 6) is -0.617. The molecule has 0 N–H and O–H groups in total. The van der Waals surface area contributed by atoms with E-state index >= 15 is 0 Å². The second-order valence-corrected chi connectivity index (χ2v) is 5.57. The van der Waals surface area contributed by atoms with Crippen molar-refractivity contribution in [1.29, 1.82) is 0 Å². The molecule has 3 nitrogen and oxygen atoms in total. The first kappa shape index (κ1) is 14.5. The third-order valence-corrected chi connectivity index (χ3v) is 4.09. The fourth-order valence-corrected chi connectivity index (χ4v) is 2.65. The molecule has 104 valence electrons. The fraction of sp³-hybridized carbons (Fsp3) is 0.500. The van der Waals surface area contributed by atoms with E-state index < -0.39 is 5.82 Å². The van der Waals surface area contributed by atoms with E-state index in [4.69, 9.17) is 4.74 Å². The van der Waals surface area contributed by atoms with Crippen LogP contribution in [0.25, 0.3) is 0 Å². The molecule has 1 aliphatic heterocycles. The summed E-state index contributed by atoms with van der Waals surface area (Å²) in [7, 11) is 1.72. The molecule has 0 spiro atoms. The van der Waals surface area contributed by atoms with Crippen molar-refractivity contribution in [3.63, 3.8) is 0 Å². The minimum atomic E-state index is -0.423. The molecule has 1 aromatic carbocycles. The number of hydrogen-bond donors (Lipinski definition) is 0. The Balaban J connectivity index is 2.03. The number of ether oxygens (including phenoxy) is 1. The molecule has 1 saturated heterocycles. The average Bonchev–Trinajstić information content (AvgIpc) is 2.42. The van der Waals surface area contributed by atoms with E-state index in [9.17, 15) is 9.18 Å². The summed E-state index contributed by atoms with van der Waals surface area (Å²) < 4.78 is 19.2. The Morgan fingerprint density at radius 1 is 1.53 bits per heavy atom. The largest absolute Gasteiger partial charge is 0.376 e. The summed E-state index contributed by atoms with van der Waals surface area (Å²) in [6, 6.07) is 4.48. The van der Waals surface area contributed by atoms with Crippen LogP contribution in [0, 0.1) is 5.82 Å². The van der Waals surface area contributed by atoms with E-state index in [0.717, 1.165) is 25.9 Å². The van der Waals surface area contributed by atoms with Crippen molar-refractivity contribution in [2.45, 2.75) is 25.4 Å². The number of hydrogen-bond acceptors (Lipinski definition) is 2. The minimum Gasteiger partial charge on any atom is -0.376 e. The lowest BCUT2D eigenvalue weighted by atomic mass is 10.1. The number of amides is 1. The van der Waals surface area contributed by atoms with Gasteiger partial charge in [0.2, 0.25) is 0 Å². The molecule has 1 heterocycles. The Morgan fingerprint density at radius 2 is 2.32 bits per heavy atom. The summed E-state index contributed by atoms with van der Waals surface area (Å²) in [5, 5.41) is 0. The predicted octanol–water partition coefficient (Wildman–Crippen LogP) is 3.23. The van der Waals surface area contributed by atoms with Crippen LogP contribution in [-0.4, -0.2) is 37.1 Å². The van der Waals surface area contributed by atoms with Crippen molar-refractivity contribution >= 4 is 21.8 Å². The van der Waals surface area contributed by atoms with Crippen LogP contribution in [0.5, 0.6) is 0 Å². The maximum Gasteiger partial charge on any atom is 0.254 e. The van der Waals surface area contributed by atoms with Crippen molar-refractivity contribution in [1.82, 2.24) is 4.90 Å². The molecule has 0 radical (unpaired) electrons. The number of nitrogens with zero attached hydrogens (tertiary/aromatic N) is 1. The Hall–Kier alpha value is -0.940. The third-order valence-electron chi connectivity index (χ3n) is 3.28. The van der Waals surface area contributed by atoms with E-state index in [-0.39, 0.29) is 16.5 Å². The minimum absolute atomic E-state index is 0.0926. The Kier molecular flexibility index (Phi) is 4.93. The highest BCUT2D eigenvalue weighted by Crippen LogP contribution is 2.22. The van der Waals surface area contributed by atoms with Gasteiger partial charge in [-0.2, -0.15) is 0 Å². The lowest BCUT2D eigenvalue weighted by molar-refractivity contribution is -0.000211. The first-order valence-corrected chi connectivity index (χ1v) is 7.20. The number of halogens is 2. The zero-order chi connectivity index (χ0) is 13.8. The Morgan fingerprint density at radius 3 is 3.00 bits per heavy atom. The van der Waals surface area contributed by atoms with Crippen LogP contribution >= 0.6 is 15.9 Å². The van der Waals surface area contributed by atoms with Gasteiger partial charge in [0.05, 0.1) is 16.1 Å². The van der Waals surface area contributed by atoms with Crippen molar-refractivity contribution in [3.05, 3.63) is 34.1 Å². The first-order valence-electron chi connectivity index (χ1n) is 6.40. The maximum absolute atomic E-state index is 13.4. The molecule has 19 heavy (non-hydrogen) atoms. The summed E-state index contributed by atoms with van der Waals surface area (Å²) in [6.45, 7) is 1.30. The SMILES string of the molecule is CN(CC1CCCCO1)C(=O)c1cccc(F)c1Br. The molecule has 0 saturated carbocycles. The highest BCUT2D eigenvalue weighted by Gasteiger charge is 2.21. The van der Waals surface area contributed by atoms with Crippen molar-refractivity contribution in [2.24, 2.45) is 0 Å². The highest BCUT2D eigenvalue weighted by atomic mass is 79.9. The predicted molar refractivity (Wildman–Crippen MR) is 74.7 cm³/mol. The molecule has 1 aromatic rings. The van der Waals surface area contributed by atoms with Crippen LogP contribution in [0.3, 0.4) is 0 Å². The van der Waals surface area contributed by atoms with Gasteiger partial charge in [-0.25, -0.2) is 4.39 Å². The molecule has 2 rings (SSSR count). The average molecular weight is 330 g/mol. The van der Waals surface area contributed by atoms with Gasteiger partial charge in [0, 0.05) is 20.2 Å². The number of benzene rings is 1. The first-order chi connectivity index (χ1) is 9.09. The van der Waals surface area contributed by atoms with Gasteiger partial charge < -0.3 is 9.64 Å². The fourth-order valence-electron chi connectivity index (χ4n) is 2.21. The van der Waals surface area contributed by atoms with Crippen molar-refractivity contribution < 1.29 is 13.9 Å². The van der Waals surface area contributed by atoms with Gasteiger partial charge in [0.25, 0.3) is 5.91 Å². The van der Waals surface area contributed by atoms with Crippen LogP contribution in [-0.2, 0) is 4.74 Å². The van der Waals surface area contributed by atoms with Gasteiger partial charge in [0.15, 0.2) is 0 Å². The topological polar surface area (TPSA) is 29.5 Å². The molecular formula is C14H17BrFNO2. The molecule has 1 atom stereocenters. The van der Waals surface area contributed by atoms with Gasteiger partial charge in [0.1, 0.15) is 5.82 Å². The van der Waals surface area contributed by atoms with E-state index in [0.29, 0.717) is 12.1 Å². The van der Waals surface area contributed by atoms with Crippen molar-refractivity contribution in [2.75, 3.05) is 20.2 Å². The molecule has 5 heteroatoms. The second-order valence-electron chi connectivity index (χ2n) is 4.78. The van der Waals surface area contributed by atoms with Crippen LogP contribution < -0.4 is 0 Å². The number of rotatable bonds is 3.